The lowest BCUT2D eigenvalue weighted by atomic mass is 9.82. The number of guanidine groups is 1. The fourth-order valence-electron chi connectivity index (χ4n) is 4.41. The van der Waals surface area contributed by atoms with Crippen molar-refractivity contribution in [2.75, 3.05) is 27.8 Å². The van der Waals surface area contributed by atoms with Gasteiger partial charge in [-0.1, -0.05) is 12.5 Å². The van der Waals surface area contributed by atoms with Crippen molar-refractivity contribution >= 4 is 5.96 Å². The van der Waals surface area contributed by atoms with Gasteiger partial charge in [0.1, 0.15) is 0 Å². The maximum Gasteiger partial charge on any atom is 0.191 e. The molecule has 2 atom stereocenters. The van der Waals surface area contributed by atoms with Gasteiger partial charge >= 0.3 is 0 Å². The fourth-order valence-corrected chi connectivity index (χ4v) is 4.41. The van der Waals surface area contributed by atoms with E-state index in [1.807, 2.05) is 26.1 Å². The summed E-state index contributed by atoms with van der Waals surface area (Å²) in [6, 6.07) is 7.96. The molecule has 0 radical (unpaired) electrons. The number of fused-ring (bicyclic) bond motifs is 2. The molecule has 0 aromatic heterocycles. The molecule has 2 aliphatic rings. The van der Waals surface area contributed by atoms with Crippen LogP contribution in [-0.2, 0) is 6.54 Å². The lowest BCUT2D eigenvalue weighted by molar-refractivity contribution is 0.0526. The molecular formula is C21H34N4O2. The topological polar surface area (TPSA) is 58.1 Å². The van der Waals surface area contributed by atoms with E-state index in [1.54, 1.807) is 7.11 Å². The molecule has 2 bridgehead atoms. The van der Waals surface area contributed by atoms with Crippen LogP contribution in [-0.4, -0.2) is 56.8 Å². The summed E-state index contributed by atoms with van der Waals surface area (Å²) >= 11 is 0. The van der Waals surface area contributed by atoms with Gasteiger partial charge in [-0.05, 0) is 57.4 Å². The van der Waals surface area contributed by atoms with Gasteiger partial charge in [-0.15, -0.1) is 0 Å². The monoisotopic (exact) mass is 374 g/mol. The van der Waals surface area contributed by atoms with Crippen LogP contribution in [0.4, 0.5) is 0 Å². The Morgan fingerprint density at radius 3 is 2.59 bits per heavy atom. The summed E-state index contributed by atoms with van der Waals surface area (Å²) < 4.78 is 11.0. The van der Waals surface area contributed by atoms with Gasteiger partial charge in [0.2, 0.25) is 0 Å². The van der Waals surface area contributed by atoms with Crippen molar-refractivity contribution in [3.63, 3.8) is 0 Å². The maximum absolute atomic E-state index is 5.67. The number of methoxy groups -OCH3 is 1. The summed E-state index contributed by atoms with van der Waals surface area (Å²) in [7, 11) is 5.79. The minimum Gasteiger partial charge on any atom is -0.493 e. The molecule has 2 saturated heterocycles. The smallest absolute Gasteiger partial charge is 0.191 e. The Hall–Kier alpha value is -1.95. The summed E-state index contributed by atoms with van der Waals surface area (Å²) in [6.45, 7) is 3.30. The molecule has 150 valence electrons. The largest absolute Gasteiger partial charge is 0.493 e. The van der Waals surface area contributed by atoms with Crippen molar-refractivity contribution in [2.45, 2.75) is 63.7 Å². The average molecular weight is 375 g/mol. The van der Waals surface area contributed by atoms with Gasteiger partial charge in [-0.3, -0.25) is 4.99 Å². The van der Waals surface area contributed by atoms with Crippen LogP contribution in [0, 0.1) is 0 Å². The summed E-state index contributed by atoms with van der Waals surface area (Å²) in [5, 5.41) is 7.09. The van der Waals surface area contributed by atoms with Gasteiger partial charge in [-0.25, -0.2) is 0 Å². The number of ether oxygens (including phenoxy) is 2. The first-order valence-electron chi connectivity index (χ1n) is 10.1. The second kappa shape index (κ2) is 9.31. The average Bonchev–Trinajstić information content (AvgIpc) is 2.66. The quantitative estimate of drug-likeness (QED) is 0.592. The summed E-state index contributed by atoms with van der Waals surface area (Å²) in [4.78, 5) is 7.02. The lowest BCUT2D eigenvalue weighted by Crippen LogP contribution is -2.56. The van der Waals surface area contributed by atoms with Gasteiger partial charge in [0.05, 0.1) is 13.7 Å². The third-order valence-corrected chi connectivity index (χ3v) is 5.89. The lowest BCUT2D eigenvalue weighted by Gasteiger charge is -2.47. The number of hydrogen-bond donors (Lipinski definition) is 2. The van der Waals surface area contributed by atoms with Crippen LogP contribution in [0.2, 0.25) is 0 Å². The third-order valence-electron chi connectivity index (χ3n) is 5.89. The van der Waals surface area contributed by atoms with Crippen LogP contribution >= 0.6 is 0 Å². The van der Waals surface area contributed by atoms with Crippen LogP contribution in [0.3, 0.4) is 0 Å². The van der Waals surface area contributed by atoms with E-state index in [1.165, 1.54) is 32.1 Å². The minimum atomic E-state index is 0.498. The fraction of sp³-hybridized carbons (Fsp3) is 0.667. The van der Waals surface area contributed by atoms with Crippen molar-refractivity contribution in [1.29, 1.82) is 0 Å². The van der Waals surface area contributed by atoms with Gasteiger partial charge < -0.3 is 25.0 Å². The highest BCUT2D eigenvalue weighted by molar-refractivity contribution is 5.80. The van der Waals surface area contributed by atoms with E-state index in [0.717, 1.165) is 23.0 Å². The molecule has 0 saturated carbocycles. The van der Waals surface area contributed by atoms with E-state index in [4.69, 9.17) is 9.47 Å². The zero-order valence-corrected chi connectivity index (χ0v) is 17.1. The number of nitrogens with one attached hydrogen (secondary N) is 2. The second-order valence-electron chi connectivity index (χ2n) is 7.56. The molecule has 2 unspecified atom stereocenters. The van der Waals surface area contributed by atoms with Crippen molar-refractivity contribution < 1.29 is 9.47 Å². The Bertz CT molecular complexity index is 635. The number of rotatable bonds is 6. The highest BCUT2D eigenvalue weighted by Gasteiger charge is 2.36. The number of piperidine rings is 2. The summed E-state index contributed by atoms with van der Waals surface area (Å²) in [5.41, 5.74) is 1.14. The van der Waals surface area contributed by atoms with Gasteiger partial charge in [-0.2, -0.15) is 0 Å². The molecule has 27 heavy (non-hydrogen) atoms. The Kier molecular flexibility index (Phi) is 6.83. The minimum absolute atomic E-state index is 0.498. The van der Waals surface area contributed by atoms with E-state index in [-0.39, 0.29) is 0 Å². The van der Waals surface area contributed by atoms with Crippen LogP contribution in [0.25, 0.3) is 0 Å². The van der Waals surface area contributed by atoms with Gasteiger partial charge in [0.15, 0.2) is 17.5 Å². The van der Waals surface area contributed by atoms with Crippen LogP contribution < -0.4 is 20.1 Å². The van der Waals surface area contributed by atoms with Crippen molar-refractivity contribution in [3.8, 4) is 11.5 Å². The van der Waals surface area contributed by atoms with E-state index >= 15 is 0 Å². The number of hydrogen-bond acceptors (Lipinski definition) is 4. The molecule has 1 aromatic carbocycles. The van der Waals surface area contributed by atoms with Gasteiger partial charge in [0, 0.05) is 31.7 Å². The number of benzene rings is 1. The molecule has 2 N–H and O–H groups in total. The molecular weight excluding hydrogens is 340 g/mol. The van der Waals surface area contributed by atoms with E-state index in [9.17, 15) is 0 Å². The zero-order chi connectivity index (χ0) is 19.2. The van der Waals surface area contributed by atoms with Gasteiger partial charge in [0.25, 0.3) is 0 Å². The first-order valence-corrected chi connectivity index (χ1v) is 10.1. The first kappa shape index (κ1) is 19.8. The van der Waals surface area contributed by atoms with Crippen LogP contribution in [0.1, 0.15) is 44.6 Å². The van der Waals surface area contributed by atoms with E-state index in [0.29, 0.717) is 31.3 Å². The molecule has 3 rings (SSSR count). The standard InChI is InChI=1S/C21H34N4O2/c1-5-27-20-11-15(9-10-19(20)26-4)14-23-21(22-2)24-16-12-17-7-6-8-18(13-16)25(17)3/h9-11,16-18H,5-8,12-14H2,1-4H3,(H2,22,23,24). The second-order valence-corrected chi connectivity index (χ2v) is 7.56. The Balaban J connectivity index is 1.56. The zero-order valence-electron chi connectivity index (χ0n) is 17.1. The highest BCUT2D eigenvalue weighted by atomic mass is 16.5. The molecule has 6 heteroatoms. The predicted molar refractivity (Wildman–Crippen MR) is 110 cm³/mol. The molecule has 0 amide bonds. The summed E-state index contributed by atoms with van der Waals surface area (Å²) in [6.07, 6.45) is 6.42. The highest BCUT2D eigenvalue weighted by Crippen LogP contribution is 2.32. The predicted octanol–water partition coefficient (Wildman–Crippen LogP) is 2.77. The molecule has 2 aliphatic heterocycles. The molecule has 1 aromatic rings. The number of aliphatic imine (C=N–C) groups is 1. The Labute approximate surface area is 163 Å². The van der Waals surface area contributed by atoms with Crippen molar-refractivity contribution in [1.82, 2.24) is 15.5 Å². The molecule has 2 heterocycles. The third kappa shape index (κ3) is 4.86. The SMILES string of the molecule is CCOc1cc(CNC(=NC)NC2CC3CCCC(C2)N3C)ccc1OC. The molecule has 0 spiro atoms. The molecule has 2 fully saturated rings. The Morgan fingerprint density at radius 1 is 1.22 bits per heavy atom. The van der Waals surface area contributed by atoms with E-state index in [2.05, 4.69) is 33.6 Å². The van der Waals surface area contributed by atoms with Crippen LogP contribution in [0.5, 0.6) is 11.5 Å². The van der Waals surface area contributed by atoms with Crippen molar-refractivity contribution in [2.24, 2.45) is 4.99 Å². The summed E-state index contributed by atoms with van der Waals surface area (Å²) in [5.74, 6) is 2.42. The Morgan fingerprint density at radius 2 is 1.96 bits per heavy atom. The van der Waals surface area contributed by atoms with Crippen molar-refractivity contribution in [3.05, 3.63) is 23.8 Å². The normalized spacial score (nSPS) is 25.8. The van der Waals surface area contributed by atoms with Crippen LogP contribution in [0.15, 0.2) is 23.2 Å². The number of nitrogens with zero attached hydrogens (tertiary/aromatic N) is 2. The molecule has 0 aliphatic carbocycles. The first-order chi connectivity index (χ1) is 13.1. The van der Waals surface area contributed by atoms with E-state index < -0.39 is 0 Å². The molecule has 6 nitrogen and oxygen atoms in total. The maximum atomic E-state index is 5.67.